The zero-order chi connectivity index (χ0) is 17.3. The van der Waals surface area contributed by atoms with E-state index in [4.69, 9.17) is 0 Å². The number of nitrogens with zero attached hydrogens (tertiary/aromatic N) is 1. The van der Waals surface area contributed by atoms with Crippen LogP contribution in [0, 0.1) is 18.7 Å². The molecule has 0 aromatic heterocycles. The molecule has 24 heavy (non-hydrogen) atoms. The Labute approximate surface area is 147 Å². The van der Waals surface area contributed by atoms with Gasteiger partial charge in [0.25, 0.3) is 0 Å². The molecular weight excluding hydrogens is 375 g/mol. The smallest absolute Gasteiger partial charge is 0.229 e. The molecule has 0 saturated carbocycles. The van der Waals surface area contributed by atoms with Gasteiger partial charge in [0.2, 0.25) is 11.8 Å². The van der Waals surface area contributed by atoms with Gasteiger partial charge >= 0.3 is 0 Å². The Morgan fingerprint density at radius 2 is 1.96 bits per heavy atom. The topological polar surface area (TPSA) is 49.4 Å². The number of amides is 2. The van der Waals surface area contributed by atoms with Gasteiger partial charge in [0.05, 0.1) is 11.6 Å². The second-order valence-electron chi connectivity index (χ2n) is 5.85. The van der Waals surface area contributed by atoms with E-state index in [2.05, 4.69) is 21.2 Å². The minimum absolute atomic E-state index is 0.135. The lowest BCUT2D eigenvalue weighted by atomic mass is 10.1. The minimum atomic E-state index is -0.434. The van der Waals surface area contributed by atoms with Gasteiger partial charge < -0.3 is 10.2 Å². The summed E-state index contributed by atoms with van der Waals surface area (Å²) in [6.07, 6.45) is 0.146. The van der Waals surface area contributed by atoms with Crippen molar-refractivity contribution in [3.63, 3.8) is 0 Å². The van der Waals surface area contributed by atoms with Crippen molar-refractivity contribution < 1.29 is 14.0 Å². The van der Waals surface area contributed by atoms with Crippen LogP contribution < -0.4 is 10.2 Å². The molecule has 6 heteroatoms. The summed E-state index contributed by atoms with van der Waals surface area (Å²) in [6.45, 7) is 2.26. The van der Waals surface area contributed by atoms with Crippen molar-refractivity contribution in [2.75, 3.05) is 16.8 Å². The molecule has 1 fully saturated rings. The first kappa shape index (κ1) is 16.6. The lowest BCUT2D eigenvalue weighted by molar-refractivity contribution is -0.122. The van der Waals surface area contributed by atoms with E-state index in [1.54, 1.807) is 12.1 Å². The standard InChI is InChI=1S/C18H16BrFN2O2/c1-11-2-7-16(15(19)8-11)21-18(24)12-9-17(23)22(10-12)14-5-3-13(20)4-6-14/h2-8,12H,9-10H2,1H3,(H,21,24)/t12-/m1/s1. The number of carbonyl (C=O) groups is 2. The molecule has 0 aliphatic carbocycles. The summed E-state index contributed by atoms with van der Waals surface area (Å²) < 4.78 is 13.8. The molecule has 0 spiro atoms. The Bertz CT molecular complexity index is 792. The monoisotopic (exact) mass is 390 g/mol. The van der Waals surface area contributed by atoms with E-state index in [9.17, 15) is 14.0 Å². The molecule has 1 aliphatic heterocycles. The van der Waals surface area contributed by atoms with Crippen LogP contribution >= 0.6 is 15.9 Å². The van der Waals surface area contributed by atoms with Crippen LogP contribution in [-0.4, -0.2) is 18.4 Å². The largest absolute Gasteiger partial charge is 0.325 e. The van der Waals surface area contributed by atoms with Gasteiger partial charge in [-0.1, -0.05) is 6.07 Å². The third kappa shape index (κ3) is 3.48. The van der Waals surface area contributed by atoms with Crippen molar-refractivity contribution >= 4 is 39.1 Å². The molecule has 2 amide bonds. The van der Waals surface area contributed by atoms with Crippen molar-refractivity contribution in [1.82, 2.24) is 0 Å². The summed E-state index contributed by atoms with van der Waals surface area (Å²) >= 11 is 3.42. The summed E-state index contributed by atoms with van der Waals surface area (Å²) in [5, 5.41) is 2.86. The minimum Gasteiger partial charge on any atom is -0.325 e. The van der Waals surface area contributed by atoms with E-state index in [1.807, 2.05) is 25.1 Å². The normalized spacial score (nSPS) is 17.2. The van der Waals surface area contributed by atoms with Gasteiger partial charge in [-0.05, 0) is 64.8 Å². The molecule has 1 N–H and O–H groups in total. The molecular formula is C18H16BrFN2O2. The predicted octanol–water partition coefficient (Wildman–Crippen LogP) is 3.89. The van der Waals surface area contributed by atoms with Gasteiger partial charge in [-0.3, -0.25) is 9.59 Å². The first-order valence-corrected chi connectivity index (χ1v) is 8.36. The summed E-state index contributed by atoms with van der Waals surface area (Å²) in [4.78, 5) is 26.2. The maximum Gasteiger partial charge on any atom is 0.229 e. The fraction of sp³-hybridized carbons (Fsp3) is 0.222. The van der Waals surface area contributed by atoms with Crippen LogP contribution in [0.3, 0.4) is 0 Å². The number of benzene rings is 2. The van der Waals surface area contributed by atoms with Gasteiger partial charge in [-0.15, -0.1) is 0 Å². The number of carbonyl (C=O) groups excluding carboxylic acids is 2. The lowest BCUT2D eigenvalue weighted by Gasteiger charge is -2.17. The van der Waals surface area contributed by atoms with E-state index in [-0.39, 0.29) is 24.1 Å². The maximum absolute atomic E-state index is 13.0. The average molecular weight is 391 g/mol. The van der Waals surface area contributed by atoms with E-state index in [0.29, 0.717) is 17.9 Å². The molecule has 1 aliphatic rings. The Morgan fingerprint density at radius 1 is 1.25 bits per heavy atom. The maximum atomic E-state index is 13.0. The van der Waals surface area contributed by atoms with E-state index in [1.165, 1.54) is 17.0 Å². The van der Waals surface area contributed by atoms with Crippen LogP contribution in [0.15, 0.2) is 46.9 Å². The number of anilines is 2. The van der Waals surface area contributed by atoms with Gasteiger partial charge in [-0.25, -0.2) is 4.39 Å². The highest BCUT2D eigenvalue weighted by molar-refractivity contribution is 9.10. The molecule has 1 heterocycles. The van der Waals surface area contributed by atoms with Gasteiger partial charge in [0.1, 0.15) is 5.82 Å². The highest BCUT2D eigenvalue weighted by Gasteiger charge is 2.35. The third-order valence-corrected chi connectivity index (χ3v) is 4.67. The first-order chi connectivity index (χ1) is 11.4. The SMILES string of the molecule is Cc1ccc(NC(=O)[C@@H]2CC(=O)N(c3ccc(F)cc3)C2)c(Br)c1. The number of hydrogen-bond acceptors (Lipinski definition) is 2. The van der Waals surface area contributed by atoms with E-state index >= 15 is 0 Å². The third-order valence-electron chi connectivity index (χ3n) is 4.02. The molecule has 2 aromatic carbocycles. The summed E-state index contributed by atoms with van der Waals surface area (Å²) in [6, 6.07) is 11.4. The second kappa shape index (κ2) is 6.73. The zero-order valence-corrected chi connectivity index (χ0v) is 14.6. The summed E-state index contributed by atoms with van der Waals surface area (Å²) in [5.74, 6) is -1.12. The van der Waals surface area contributed by atoms with Crippen molar-refractivity contribution in [2.24, 2.45) is 5.92 Å². The van der Waals surface area contributed by atoms with Gasteiger partial charge in [-0.2, -0.15) is 0 Å². The molecule has 0 radical (unpaired) electrons. The Morgan fingerprint density at radius 3 is 2.62 bits per heavy atom. The van der Waals surface area contributed by atoms with Gasteiger partial charge in [0, 0.05) is 23.1 Å². The van der Waals surface area contributed by atoms with Crippen LogP contribution in [0.2, 0.25) is 0 Å². The number of nitrogens with one attached hydrogen (secondary N) is 1. The second-order valence-corrected chi connectivity index (χ2v) is 6.71. The lowest BCUT2D eigenvalue weighted by Crippen LogP contribution is -2.28. The van der Waals surface area contributed by atoms with Crippen molar-refractivity contribution in [3.8, 4) is 0 Å². The van der Waals surface area contributed by atoms with Crippen LogP contribution in [0.1, 0.15) is 12.0 Å². The fourth-order valence-corrected chi connectivity index (χ4v) is 3.30. The quantitative estimate of drug-likeness (QED) is 0.863. The molecule has 4 nitrogen and oxygen atoms in total. The number of halogens is 2. The molecule has 3 rings (SSSR count). The van der Waals surface area contributed by atoms with Crippen LogP contribution in [-0.2, 0) is 9.59 Å². The Hall–Kier alpha value is -2.21. The Kier molecular flexibility index (Phi) is 4.66. The van der Waals surface area contributed by atoms with E-state index < -0.39 is 5.92 Å². The first-order valence-electron chi connectivity index (χ1n) is 7.57. The number of rotatable bonds is 3. The molecule has 1 atom stereocenters. The van der Waals surface area contributed by atoms with Crippen LogP contribution in [0.5, 0.6) is 0 Å². The number of hydrogen-bond donors (Lipinski definition) is 1. The molecule has 124 valence electrons. The predicted molar refractivity (Wildman–Crippen MR) is 94.4 cm³/mol. The highest BCUT2D eigenvalue weighted by atomic mass is 79.9. The molecule has 0 bridgehead atoms. The number of aryl methyl sites for hydroxylation is 1. The van der Waals surface area contributed by atoms with Gasteiger partial charge in [0.15, 0.2) is 0 Å². The summed E-state index contributed by atoms with van der Waals surface area (Å²) in [5.41, 5.74) is 2.37. The van der Waals surface area contributed by atoms with E-state index in [0.717, 1.165) is 10.0 Å². The van der Waals surface area contributed by atoms with Crippen molar-refractivity contribution in [1.29, 1.82) is 0 Å². The van der Waals surface area contributed by atoms with Crippen LogP contribution in [0.25, 0.3) is 0 Å². The molecule has 2 aromatic rings. The zero-order valence-electron chi connectivity index (χ0n) is 13.1. The van der Waals surface area contributed by atoms with Crippen molar-refractivity contribution in [2.45, 2.75) is 13.3 Å². The van der Waals surface area contributed by atoms with Crippen LogP contribution in [0.4, 0.5) is 15.8 Å². The average Bonchev–Trinajstić information content (AvgIpc) is 2.93. The molecule has 1 saturated heterocycles. The Balaban J connectivity index is 1.70. The molecule has 0 unspecified atom stereocenters. The van der Waals surface area contributed by atoms with Crippen molar-refractivity contribution in [3.05, 3.63) is 58.3 Å². The highest BCUT2D eigenvalue weighted by Crippen LogP contribution is 2.28. The fourth-order valence-electron chi connectivity index (χ4n) is 2.71. The summed E-state index contributed by atoms with van der Waals surface area (Å²) in [7, 11) is 0.